The van der Waals surface area contributed by atoms with Gasteiger partial charge in [0.05, 0.1) is 12.5 Å². The molecule has 0 aliphatic heterocycles. The molecule has 0 fully saturated rings. The minimum absolute atomic E-state index is 0.0315. The zero-order valence-electron chi connectivity index (χ0n) is 18.6. The zero-order valence-corrected chi connectivity index (χ0v) is 18.6. The lowest BCUT2D eigenvalue weighted by molar-refractivity contribution is -0.144. The van der Waals surface area contributed by atoms with E-state index in [-0.39, 0.29) is 12.3 Å². The summed E-state index contributed by atoms with van der Waals surface area (Å²) >= 11 is 0. The third-order valence-electron chi connectivity index (χ3n) is 4.44. The van der Waals surface area contributed by atoms with Crippen LogP contribution in [0, 0.1) is 5.92 Å². The highest BCUT2D eigenvalue weighted by Gasteiger charge is 2.32. The minimum Gasteiger partial charge on any atom is -0.481 e. The van der Waals surface area contributed by atoms with Crippen molar-refractivity contribution in [2.75, 3.05) is 0 Å². The average molecular weight is 476 g/mol. The maximum Gasteiger partial charge on any atom is 0.326 e. The highest BCUT2D eigenvalue weighted by atomic mass is 16.4. The van der Waals surface area contributed by atoms with Crippen LogP contribution in [0.2, 0.25) is 0 Å². The van der Waals surface area contributed by atoms with Gasteiger partial charge >= 0.3 is 17.9 Å². The van der Waals surface area contributed by atoms with Gasteiger partial charge in [-0.2, -0.15) is 0 Å². The van der Waals surface area contributed by atoms with Crippen LogP contribution in [0.25, 0.3) is 0 Å². The number of carbonyl (C=O) groups excluding carboxylic acids is 3. The van der Waals surface area contributed by atoms with Gasteiger partial charge in [0.15, 0.2) is 0 Å². The van der Waals surface area contributed by atoms with Crippen molar-refractivity contribution < 1.29 is 49.2 Å². The Bertz CT molecular complexity index is 740. The normalized spacial score (nSPS) is 15.5. The van der Waals surface area contributed by atoms with Gasteiger partial charge in [0.25, 0.3) is 0 Å². The van der Waals surface area contributed by atoms with E-state index in [2.05, 4.69) is 16.0 Å². The highest BCUT2D eigenvalue weighted by molar-refractivity contribution is 5.95. The molecule has 0 aromatic carbocycles. The largest absolute Gasteiger partial charge is 0.481 e. The molecule has 5 atom stereocenters. The molecule has 0 saturated heterocycles. The van der Waals surface area contributed by atoms with Gasteiger partial charge < -0.3 is 42.1 Å². The Morgan fingerprint density at radius 1 is 0.758 bits per heavy atom. The predicted octanol–water partition coefficient (Wildman–Crippen LogP) is -2.38. The molecule has 3 amide bonds. The van der Waals surface area contributed by atoms with Gasteiger partial charge in [0, 0.05) is 6.42 Å². The smallest absolute Gasteiger partial charge is 0.326 e. The quantitative estimate of drug-likeness (QED) is 0.124. The van der Waals surface area contributed by atoms with E-state index in [9.17, 15) is 39.0 Å². The number of hydrogen-bond acceptors (Lipinski definition) is 8. The molecule has 0 heterocycles. The summed E-state index contributed by atoms with van der Waals surface area (Å²) in [6, 6.07) is -5.90. The van der Waals surface area contributed by atoms with E-state index in [1.807, 2.05) is 0 Å². The number of hydrogen-bond donors (Lipinski definition) is 8. The molecule has 0 aromatic heterocycles. The predicted molar refractivity (Wildman–Crippen MR) is 112 cm³/mol. The molecular formula is C19H32N4O10. The van der Waals surface area contributed by atoms with Crippen molar-refractivity contribution in [1.82, 2.24) is 16.0 Å². The van der Waals surface area contributed by atoms with E-state index in [0.29, 0.717) is 0 Å². The van der Waals surface area contributed by atoms with Crippen molar-refractivity contribution in [2.24, 2.45) is 11.7 Å². The summed E-state index contributed by atoms with van der Waals surface area (Å²) in [6.07, 6.45) is -3.01. The Kier molecular flexibility index (Phi) is 12.6. The van der Waals surface area contributed by atoms with Crippen molar-refractivity contribution in [2.45, 2.75) is 76.7 Å². The first kappa shape index (κ1) is 29.7. The number of nitrogens with two attached hydrogens (primary N) is 1. The number of carboxylic acids is 3. The molecule has 0 spiro atoms. The summed E-state index contributed by atoms with van der Waals surface area (Å²) in [5.74, 6) is -7.29. The second kappa shape index (κ2) is 14.0. The number of amides is 3. The van der Waals surface area contributed by atoms with Crippen LogP contribution in [0.4, 0.5) is 0 Å². The van der Waals surface area contributed by atoms with Crippen LogP contribution in [0.3, 0.4) is 0 Å². The first-order chi connectivity index (χ1) is 15.1. The van der Waals surface area contributed by atoms with Gasteiger partial charge in [-0.3, -0.25) is 24.0 Å². The molecule has 0 aromatic rings. The fraction of sp³-hybridized carbons (Fsp3) is 0.684. The Balaban J connectivity index is 5.54. The van der Waals surface area contributed by atoms with E-state index in [4.69, 9.17) is 15.9 Å². The van der Waals surface area contributed by atoms with Crippen molar-refractivity contribution >= 4 is 35.6 Å². The zero-order chi connectivity index (χ0) is 25.9. The molecule has 14 heteroatoms. The molecule has 33 heavy (non-hydrogen) atoms. The number of nitrogens with one attached hydrogen (secondary N) is 3. The summed E-state index contributed by atoms with van der Waals surface area (Å²) < 4.78 is 0. The number of rotatable bonds is 15. The van der Waals surface area contributed by atoms with E-state index in [1.54, 1.807) is 13.8 Å². The molecule has 14 nitrogen and oxygen atoms in total. The second-order valence-electron chi connectivity index (χ2n) is 7.95. The van der Waals surface area contributed by atoms with Gasteiger partial charge in [0.2, 0.25) is 17.7 Å². The average Bonchev–Trinajstić information content (AvgIpc) is 2.67. The van der Waals surface area contributed by atoms with Gasteiger partial charge in [-0.05, 0) is 25.7 Å². The first-order valence-corrected chi connectivity index (χ1v) is 10.2. The Morgan fingerprint density at radius 2 is 1.24 bits per heavy atom. The SMILES string of the molecule is CC(C)C[C@H](NC(=O)[C@H](CC(=O)O)NC(=O)[C@@H](N)[C@@H](C)O)C(=O)N[C@@H](CCC(=O)O)C(=O)O. The summed E-state index contributed by atoms with van der Waals surface area (Å²) in [4.78, 5) is 70.6. The maximum absolute atomic E-state index is 12.7. The first-order valence-electron chi connectivity index (χ1n) is 10.2. The van der Waals surface area contributed by atoms with Crippen LogP contribution in [-0.4, -0.2) is 86.3 Å². The van der Waals surface area contributed by atoms with E-state index < -0.39 is 85.2 Å². The topological polar surface area (TPSA) is 245 Å². The molecular weight excluding hydrogens is 444 g/mol. The lowest BCUT2D eigenvalue weighted by atomic mass is 10.0. The van der Waals surface area contributed by atoms with E-state index in [1.165, 1.54) is 6.92 Å². The standard InChI is InChI=1S/C19H32N4O10/c1-8(2)6-11(16(29)21-10(19(32)33)4-5-13(25)26)22-17(30)12(7-14(27)28)23-18(31)15(20)9(3)24/h8-12,15,24H,4-7,20H2,1-3H3,(H,21,29)(H,22,30)(H,23,31)(H,25,26)(H,27,28)(H,32,33)/t9-,10+,11+,12+,15+/m1/s1. The van der Waals surface area contributed by atoms with Gasteiger partial charge in [0.1, 0.15) is 24.2 Å². The third kappa shape index (κ3) is 11.8. The molecule has 0 saturated carbocycles. The summed E-state index contributed by atoms with van der Waals surface area (Å²) in [5.41, 5.74) is 5.48. The molecule has 0 radical (unpaired) electrons. The van der Waals surface area contributed by atoms with Crippen LogP contribution in [-0.2, 0) is 28.8 Å². The lowest BCUT2D eigenvalue weighted by Crippen LogP contribution is -2.58. The van der Waals surface area contributed by atoms with Crippen molar-refractivity contribution in [3.05, 3.63) is 0 Å². The Morgan fingerprint density at radius 3 is 1.67 bits per heavy atom. The maximum atomic E-state index is 12.7. The lowest BCUT2D eigenvalue weighted by Gasteiger charge is -2.25. The molecule has 0 aliphatic rings. The fourth-order valence-corrected chi connectivity index (χ4v) is 2.64. The molecule has 188 valence electrons. The summed E-state index contributed by atoms with van der Waals surface area (Å²) in [7, 11) is 0. The number of aliphatic hydroxyl groups excluding tert-OH is 1. The molecule has 0 bridgehead atoms. The number of carbonyl (C=O) groups is 6. The number of carboxylic acid groups (broad SMARTS) is 3. The van der Waals surface area contributed by atoms with Crippen LogP contribution in [0.15, 0.2) is 0 Å². The number of aliphatic carboxylic acids is 3. The summed E-state index contributed by atoms with van der Waals surface area (Å²) in [5, 5.41) is 43.0. The van der Waals surface area contributed by atoms with Gasteiger partial charge in [-0.25, -0.2) is 4.79 Å². The molecule has 0 aliphatic carbocycles. The Hall–Kier alpha value is -3.26. The minimum atomic E-state index is -1.63. The third-order valence-corrected chi connectivity index (χ3v) is 4.44. The Labute approximate surface area is 189 Å². The highest BCUT2D eigenvalue weighted by Crippen LogP contribution is 2.08. The van der Waals surface area contributed by atoms with Crippen LogP contribution in [0.5, 0.6) is 0 Å². The number of aliphatic hydroxyl groups is 1. The van der Waals surface area contributed by atoms with Crippen LogP contribution < -0.4 is 21.7 Å². The molecule has 0 rings (SSSR count). The summed E-state index contributed by atoms with van der Waals surface area (Å²) in [6.45, 7) is 4.65. The van der Waals surface area contributed by atoms with Crippen molar-refractivity contribution in [1.29, 1.82) is 0 Å². The van der Waals surface area contributed by atoms with E-state index >= 15 is 0 Å². The monoisotopic (exact) mass is 476 g/mol. The van der Waals surface area contributed by atoms with E-state index in [0.717, 1.165) is 0 Å². The van der Waals surface area contributed by atoms with Crippen molar-refractivity contribution in [3.8, 4) is 0 Å². The second-order valence-corrected chi connectivity index (χ2v) is 7.95. The van der Waals surface area contributed by atoms with Gasteiger partial charge in [-0.1, -0.05) is 13.8 Å². The molecule has 0 unspecified atom stereocenters. The molecule has 9 N–H and O–H groups in total. The fourth-order valence-electron chi connectivity index (χ4n) is 2.64. The van der Waals surface area contributed by atoms with Gasteiger partial charge in [-0.15, -0.1) is 0 Å². The van der Waals surface area contributed by atoms with Crippen LogP contribution >= 0.6 is 0 Å². The van der Waals surface area contributed by atoms with Crippen LogP contribution in [0.1, 0.15) is 46.5 Å². The van der Waals surface area contributed by atoms with Crippen molar-refractivity contribution in [3.63, 3.8) is 0 Å².